The maximum Gasteiger partial charge on any atom is 0.433 e. The van der Waals surface area contributed by atoms with Gasteiger partial charge in [0.25, 0.3) is 0 Å². The van der Waals surface area contributed by atoms with Crippen molar-refractivity contribution < 1.29 is 22.6 Å². The zero-order valence-corrected chi connectivity index (χ0v) is 9.62. The molecular formula is C12H9F3N2O2. The zero-order chi connectivity index (χ0) is 13.6. The van der Waals surface area contributed by atoms with Crippen molar-refractivity contribution in [1.82, 2.24) is 4.98 Å². The minimum atomic E-state index is -4.53. The predicted octanol–water partition coefficient (Wildman–Crippen LogP) is 2.61. The van der Waals surface area contributed by atoms with Gasteiger partial charge in [-0.1, -0.05) is 0 Å². The smallest absolute Gasteiger partial charge is 0.433 e. The Kier molecular flexibility index (Phi) is 2.44. The van der Waals surface area contributed by atoms with Gasteiger partial charge in [-0.05, 0) is 12.1 Å². The van der Waals surface area contributed by atoms with E-state index in [4.69, 9.17) is 15.2 Å². The van der Waals surface area contributed by atoms with E-state index in [1.54, 1.807) is 6.07 Å². The quantitative estimate of drug-likeness (QED) is 0.799. The third-order valence-corrected chi connectivity index (χ3v) is 2.80. The van der Waals surface area contributed by atoms with Crippen molar-refractivity contribution in [3.63, 3.8) is 0 Å². The van der Waals surface area contributed by atoms with E-state index in [-0.39, 0.29) is 11.2 Å². The summed E-state index contributed by atoms with van der Waals surface area (Å²) in [6, 6.07) is 3.78. The van der Waals surface area contributed by atoms with Crippen LogP contribution in [0.3, 0.4) is 0 Å². The normalized spacial score (nSPS) is 14.7. The lowest BCUT2D eigenvalue weighted by molar-refractivity contribution is -0.140. The largest absolute Gasteiger partial charge is 0.486 e. The number of alkyl halides is 3. The highest BCUT2D eigenvalue weighted by Crippen LogP contribution is 2.38. The molecule has 0 aliphatic carbocycles. The summed E-state index contributed by atoms with van der Waals surface area (Å²) in [4.78, 5) is 3.57. The first-order chi connectivity index (χ1) is 8.95. The number of hydrogen-bond acceptors (Lipinski definition) is 4. The fourth-order valence-electron chi connectivity index (χ4n) is 1.93. The highest BCUT2D eigenvalue weighted by Gasteiger charge is 2.33. The number of hydrogen-bond donors (Lipinski definition) is 1. The highest BCUT2D eigenvalue weighted by atomic mass is 19.4. The molecule has 100 valence electrons. The Balaban J connectivity index is 2.24. The first-order valence-electron chi connectivity index (χ1n) is 5.52. The van der Waals surface area contributed by atoms with Gasteiger partial charge in [-0.3, -0.25) is 0 Å². The zero-order valence-electron chi connectivity index (χ0n) is 9.62. The van der Waals surface area contributed by atoms with Crippen molar-refractivity contribution >= 4 is 16.6 Å². The first-order valence-corrected chi connectivity index (χ1v) is 5.52. The van der Waals surface area contributed by atoms with Crippen LogP contribution in [-0.4, -0.2) is 18.2 Å². The molecule has 0 saturated carbocycles. The Bertz CT molecular complexity index is 655. The van der Waals surface area contributed by atoms with Crippen LogP contribution >= 0.6 is 0 Å². The van der Waals surface area contributed by atoms with Crippen LogP contribution in [0.4, 0.5) is 18.9 Å². The Hall–Kier alpha value is -2.18. The number of rotatable bonds is 0. The predicted molar refractivity (Wildman–Crippen MR) is 62.1 cm³/mol. The van der Waals surface area contributed by atoms with Gasteiger partial charge < -0.3 is 15.2 Å². The standard InChI is InChI=1S/C12H9F3N2O2/c13-12(14,15)11-4-7(16)6-3-9-10(5-8(6)17-11)19-2-1-18-9/h3-5H,1-2H2,(H2,16,17). The summed E-state index contributed by atoms with van der Waals surface area (Å²) < 4.78 is 48.6. The van der Waals surface area contributed by atoms with Gasteiger partial charge in [-0.2, -0.15) is 13.2 Å². The fourth-order valence-corrected chi connectivity index (χ4v) is 1.93. The number of nitrogens with two attached hydrogens (primary N) is 1. The number of pyridine rings is 1. The molecule has 1 aliphatic rings. The third kappa shape index (κ3) is 2.00. The second kappa shape index (κ2) is 3.91. The van der Waals surface area contributed by atoms with E-state index >= 15 is 0 Å². The van der Waals surface area contributed by atoms with Gasteiger partial charge in [0.05, 0.1) is 5.52 Å². The number of fused-ring (bicyclic) bond motifs is 2. The fraction of sp³-hybridized carbons (Fsp3) is 0.250. The van der Waals surface area contributed by atoms with Crippen LogP contribution in [0.25, 0.3) is 10.9 Å². The monoisotopic (exact) mass is 270 g/mol. The molecule has 19 heavy (non-hydrogen) atoms. The van der Waals surface area contributed by atoms with E-state index in [9.17, 15) is 13.2 Å². The topological polar surface area (TPSA) is 57.4 Å². The van der Waals surface area contributed by atoms with Gasteiger partial charge in [-0.25, -0.2) is 4.98 Å². The van der Waals surface area contributed by atoms with E-state index < -0.39 is 11.9 Å². The van der Waals surface area contributed by atoms with Crippen molar-refractivity contribution in [2.75, 3.05) is 18.9 Å². The maximum atomic E-state index is 12.7. The van der Waals surface area contributed by atoms with E-state index in [0.29, 0.717) is 30.1 Å². The minimum absolute atomic E-state index is 0.00861. The van der Waals surface area contributed by atoms with Crippen molar-refractivity contribution in [1.29, 1.82) is 0 Å². The van der Waals surface area contributed by atoms with Gasteiger partial charge in [0.15, 0.2) is 11.5 Å². The lowest BCUT2D eigenvalue weighted by Gasteiger charge is -2.19. The summed E-state index contributed by atoms with van der Waals surface area (Å²) in [6.45, 7) is 0.749. The summed E-state index contributed by atoms with van der Waals surface area (Å²) in [5.41, 5.74) is 4.78. The molecule has 0 atom stereocenters. The van der Waals surface area contributed by atoms with Crippen LogP contribution in [-0.2, 0) is 6.18 Å². The van der Waals surface area contributed by atoms with Crippen LogP contribution < -0.4 is 15.2 Å². The second-order valence-corrected chi connectivity index (χ2v) is 4.11. The van der Waals surface area contributed by atoms with E-state index in [1.165, 1.54) is 6.07 Å². The first kappa shape index (κ1) is 11.9. The summed E-state index contributed by atoms with van der Waals surface area (Å²) in [7, 11) is 0. The van der Waals surface area contributed by atoms with Crippen molar-refractivity contribution in [3.05, 3.63) is 23.9 Å². The lowest BCUT2D eigenvalue weighted by Crippen LogP contribution is -2.15. The molecule has 1 aromatic heterocycles. The number of anilines is 1. The van der Waals surface area contributed by atoms with Gasteiger partial charge in [0.1, 0.15) is 18.9 Å². The summed E-state index contributed by atoms with van der Waals surface area (Å²) in [5.74, 6) is 0.844. The third-order valence-electron chi connectivity index (χ3n) is 2.80. The minimum Gasteiger partial charge on any atom is -0.486 e. The lowest BCUT2D eigenvalue weighted by atomic mass is 10.1. The van der Waals surface area contributed by atoms with Crippen molar-refractivity contribution in [2.45, 2.75) is 6.18 Å². The number of halogens is 3. The number of nitrogen functional groups attached to an aromatic ring is 1. The number of nitrogens with zero attached hydrogens (tertiary/aromatic N) is 1. The molecule has 0 radical (unpaired) electrons. The van der Waals surface area contributed by atoms with Crippen LogP contribution in [0, 0.1) is 0 Å². The second-order valence-electron chi connectivity index (χ2n) is 4.11. The Labute approximate surface area is 105 Å². The molecule has 2 N–H and O–H groups in total. The summed E-state index contributed by atoms with van der Waals surface area (Å²) >= 11 is 0. The molecule has 1 aliphatic heterocycles. The molecule has 0 fully saturated rings. The molecule has 4 nitrogen and oxygen atoms in total. The number of benzene rings is 1. The number of ether oxygens (including phenoxy) is 2. The maximum absolute atomic E-state index is 12.7. The highest BCUT2D eigenvalue weighted by molar-refractivity contribution is 5.93. The van der Waals surface area contributed by atoms with Crippen LogP contribution in [0.15, 0.2) is 18.2 Å². The van der Waals surface area contributed by atoms with E-state index in [1.807, 2.05) is 0 Å². The Morgan fingerprint density at radius 1 is 1.05 bits per heavy atom. The molecular weight excluding hydrogens is 261 g/mol. The molecule has 0 spiro atoms. The molecule has 0 unspecified atom stereocenters. The molecule has 1 aromatic carbocycles. The molecule has 2 heterocycles. The van der Waals surface area contributed by atoms with Crippen LogP contribution in [0.5, 0.6) is 11.5 Å². The Morgan fingerprint density at radius 2 is 1.68 bits per heavy atom. The molecule has 7 heteroatoms. The van der Waals surface area contributed by atoms with Gasteiger partial charge in [-0.15, -0.1) is 0 Å². The summed E-state index contributed by atoms with van der Waals surface area (Å²) in [5, 5.41) is 0.414. The molecule has 0 saturated heterocycles. The van der Waals surface area contributed by atoms with Gasteiger partial charge >= 0.3 is 6.18 Å². The van der Waals surface area contributed by atoms with Gasteiger partial charge in [0, 0.05) is 17.1 Å². The molecule has 2 aromatic rings. The van der Waals surface area contributed by atoms with Gasteiger partial charge in [0.2, 0.25) is 0 Å². The average molecular weight is 270 g/mol. The van der Waals surface area contributed by atoms with Crippen LogP contribution in [0.2, 0.25) is 0 Å². The Morgan fingerprint density at radius 3 is 2.32 bits per heavy atom. The van der Waals surface area contributed by atoms with Crippen molar-refractivity contribution in [2.24, 2.45) is 0 Å². The van der Waals surface area contributed by atoms with Crippen LogP contribution in [0.1, 0.15) is 5.69 Å². The molecule has 0 amide bonds. The van der Waals surface area contributed by atoms with Crippen molar-refractivity contribution in [3.8, 4) is 11.5 Å². The van der Waals surface area contributed by atoms with E-state index in [0.717, 1.165) is 6.07 Å². The molecule has 0 bridgehead atoms. The SMILES string of the molecule is Nc1cc(C(F)(F)F)nc2cc3c(cc12)OCCO3. The molecule has 3 rings (SSSR count). The van der Waals surface area contributed by atoms with E-state index in [2.05, 4.69) is 4.98 Å². The summed E-state index contributed by atoms with van der Waals surface area (Å²) in [6.07, 6.45) is -4.53. The average Bonchev–Trinajstić information content (AvgIpc) is 2.35. The number of aromatic nitrogens is 1.